The first-order valence-corrected chi connectivity index (χ1v) is 22.6. The summed E-state index contributed by atoms with van der Waals surface area (Å²) in [6.45, 7) is 4.25. The van der Waals surface area contributed by atoms with Crippen molar-refractivity contribution in [1.29, 1.82) is 0 Å². The lowest BCUT2D eigenvalue weighted by atomic mass is 10.1. The third-order valence-electron chi connectivity index (χ3n) is 10.3. The molecule has 10 rings (SSSR count). The van der Waals surface area contributed by atoms with Crippen LogP contribution in [0, 0.1) is 0 Å². The number of hydrogen-bond acceptors (Lipinski definition) is 17. The van der Waals surface area contributed by atoms with E-state index in [1.165, 1.54) is 38.5 Å². The van der Waals surface area contributed by atoms with Gasteiger partial charge in [-0.3, -0.25) is 9.11 Å². The van der Waals surface area contributed by atoms with Crippen LogP contribution >= 0.6 is 0 Å². The summed E-state index contributed by atoms with van der Waals surface area (Å²) in [5, 5.41) is 3.76. The standard InChI is InChI=1S/2C22H19NO3.2CO2.H2O4S.O3S/c2*24-22-18(21-13-15-6-2-3-7-19(15)25-21)12-16-8-9-17(14-20(16)26-22)23-10-4-1-5-11-23;2*2-1-3;1-5(2,3)4;1-4(2)3/h2*2-3,6-9,12-14H,1,4-5,10-11H2;;;(H2,1,2,3,4);. The monoisotopic (exact) mass is 956 g/mol. The summed E-state index contributed by atoms with van der Waals surface area (Å²) in [6, 6.07) is 35.2. The Balaban J connectivity index is 0.000000194. The lowest BCUT2D eigenvalue weighted by Gasteiger charge is -2.28. The molecule has 19 nitrogen and oxygen atoms in total. The second kappa shape index (κ2) is 24.0. The number of furan rings is 2. The Hall–Kier alpha value is -7.77. The molecule has 2 fully saturated rings. The molecule has 0 atom stereocenters. The van der Waals surface area contributed by atoms with E-state index in [4.69, 9.17) is 67.0 Å². The van der Waals surface area contributed by atoms with Crippen molar-refractivity contribution in [3.05, 3.63) is 130 Å². The Morgan fingerprint density at radius 2 is 0.776 bits per heavy atom. The molecule has 348 valence electrons. The van der Waals surface area contributed by atoms with Gasteiger partial charge in [-0.15, -0.1) is 12.6 Å². The molecule has 0 bridgehead atoms. The maximum atomic E-state index is 12.6. The molecule has 0 spiro atoms. The number of nitrogens with zero attached hydrogens (tertiary/aromatic N) is 2. The largest absolute Gasteiger partial charge is 0.456 e. The van der Waals surface area contributed by atoms with Gasteiger partial charge in [-0.05, 0) is 99.2 Å². The zero-order chi connectivity index (χ0) is 48.5. The van der Waals surface area contributed by atoms with Gasteiger partial charge in [0.1, 0.15) is 45.0 Å². The topological polar surface area (TPSA) is 287 Å². The molecule has 2 saturated heterocycles. The summed E-state index contributed by atoms with van der Waals surface area (Å²) in [6.07, 6.45) is 7.94. The fourth-order valence-corrected chi connectivity index (χ4v) is 7.47. The SMILES string of the molecule is O=C=O.O=C=O.O=S(=O)(O)O.O=S(=O)=O.O=c1oc2cc(N3CCCCC3)ccc2cc1-c1cc2ccccc2o1.O=c1oc2cc(N3CCCCC3)ccc2cc1-c1cc2ccccc2o1. The molecule has 0 unspecified atom stereocenters. The minimum Gasteiger partial charge on any atom is -0.456 e. The summed E-state index contributed by atoms with van der Waals surface area (Å²) < 4.78 is 79.9. The van der Waals surface area contributed by atoms with E-state index in [-0.39, 0.29) is 23.6 Å². The molecule has 0 amide bonds. The minimum atomic E-state index is -4.67. The number of fused-ring (bicyclic) bond motifs is 4. The highest BCUT2D eigenvalue weighted by Gasteiger charge is 2.17. The molecule has 2 aliphatic rings. The van der Waals surface area contributed by atoms with Crippen LogP contribution in [-0.4, -0.2) is 68.6 Å². The van der Waals surface area contributed by atoms with Gasteiger partial charge in [-0.25, -0.2) is 9.59 Å². The van der Waals surface area contributed by atoms with Gasteiger partial charge >= 0.3 is 44.6 Å². The van der Waals surface area contributed by atoms with Crippen LogP contribution in [0.15, 0.2) is 136 Å². The smallest absolute Gasteiger partial charge is 0.425 e. The van der Waals surface area contributed by atoms with Gasteiger partial charge in [0.15, 0.2) is 0 Å². The molecule has 4 aromatic carbocycles. The lowest BCUT2D eigenvalue weighted by molar-refractivity contribution is -0.193. The van der Waals surface area contributed by atoms with E-state index in [1.807, 2.05) is 97.1 Å². The third kappa shape index (κ3) is 14.6. The Morgan fingerprint density at radius 3 is 1.10 bits per heavy atom. The van der Waals surface area contributed by atoms with Crippen LogP contribution in [0.2, 0.25) is 0 Å². The van der Waals surface area contributed by atoms with Gasteiger partial charge in [0.05, 0.1) is 0 Å². The first kappa shape index (κ1) is 50.2. The lowest BCUT2D eigenvalue weighted by Crippen LogP contribution is -2.29. The Morgan fingerprint density at radius 1 is 0.463 bits per heavy atom. The van der Waals surface area contributed by atoms with Gasteiger partial charge < -0.3 is 27.5 Å². The highest BCUT2D eigenvalue weighted by atomic mass is 32.3. The van der Waals surface area contributed by atoms with Crippen molar-refractivity contribution in [2.75, 3.05) is 36.0 Å². The van der Waals surface area contributed by atoms with Crippen LogP contribution in [0.5, 0.6) is 0 Å². The highest BCUT2D eigenvalue weighted by molar-refractivity contribution is 7.79. The van der Waals surface area contributed by atoms with Crippen molar-refractivity contribution in [2.24, 2.45) is 0 Å². The van der Waals surface area contributed by atoms with Crippen molar-refractivity contribution in [3.8, 4) is 22.6 Å². The minimum absolute atomic E-state index is 0.250. The quantitative estimate of drug-likeness (QED) is 0.127. The third-order valence-corrected chi connectivity index (χ3v) is 10.3. The summed E-state index contributed by atoms with van der Waals surface area (Å²) in [5.41, 5.74) is 5.20. The van der Waals surface area contributed by atoms with E-state index in [1.54, 1.807) is 0 Å². The summed E-state index contributed by atoms with van der Waals surface area (Å²) >= 11 is 0. The van der Waals surface area contributed by atoms with E-state index in [2.05, 4.69) is 21.9 Å². The fourth-order valence-electron chi connectivity index (χ4n) is 7.47. The van der Waals surface area contributed by atoms with E-state index in [0.717, 1.165) is 70.3 Å². The van der Waals surface area contributed by atoms with Gasteiger partial charge in [0.2, 0.25) is 0 Å². The normalized spacial score (nSPS) is 13.1. The van der Waals surface area contributed by atoms with Crippen LogP contribution < -0.4 is 21.1 Å². The zero-order valence-corrected chi connectivity index (χ0v) is 36.8. The molecule has 8 aromatic rings. The highest BCUT2D eigenvalue weighted by Crippen LogP contribution is 2.32. The molecule has 67 heavy (non-hydrogen) atoms. The molecule has 0 saturated carbocycles. The van der Waals surface area contributed by atoms with E-state index < -0.39 is 21.0 Å². The van der Waals surface area contributed by atoms with Crippen LogP contribution in [0.4, 0.5) is 11.4 Å². The van der Waals surface area contributed by atoms with Crippen molar-refractivity contribution in [2.45, 2.75) is 38.5 Å². The number of benzene rings is 4. The van der Waals surface area contributed by atoms with Crippen molar-refractivity contribution in [1.82, 2.24) is 0 Å². The number of anilines is 2. The van der Waals surface area contributed by atoms with E-state index in [0.29, 0.717) is 33.8 Å². The average Bonchev–Trinajstić information content (AvgIpc) is 3.94. The van der Waals surface area contributed by atoms with Crippen LogP contribution in [0.25, 0.3) is 66.5 Å². The number of carbonyl (C=O) groups excluding carboxylic acids is 4. The maximum absolute atomic E-state index is 12.6. The number of hydrogen-bond donors (Lipinski definition) is 2. The van der Waals surface area contributed by atoms with E-state index >= 15 is 0 Å². The average molecular weight is 957 g/mol. The van der Waals surface area contributed by atoms with Crippen LogP contribution in [0.3, 0.4) is 0 Å². The zero-order valence-electron chi connectivity index (χ0n) is 35.2. The predicted octanol–water partition coefficient (Wildman–Crippen LogP) is 7.57. The summed E-state index contributed by atoms with van der Waals surface area (Å²) in [5.74, 6) is 1.09. The number of para-hydroxylation sites is 2. The molecule has 2 N–H and O–H groups in total. The van der Waals surface area contributed by atoms with Gasteiger partial charge in [-0.2, -0.15) is 27.6 Å². The number of rotatable bonds is 4. The molecule has 0 radical (unpaired) electrons. The van der Waals surface area contributed by atoms with Crippen molar-refractivity contribution in [3.63, 3.8) is 0 Å². The number of piperidine rings is 2. The van der Waals surface area contributed by atoms with Crippen molar-refractivity contribution < 1.29 is 67.0 Å². The van der Waals surface area contributed by atoms with Gasteiger partial charge in [0, 0.05) is 71.2 Å². The summed E-state index contributed by atoms with van der Waals surface area (Å²) in [4.78, 5) is 62.3. The maximum Gasteiger partial charge on any atom is 0.425 e. The van der Waals surface area contributed by atoms with Crippen LogP contribution in [-0.2, 0) is 40.2 Å². The molecule has 21 heteroatoms. The Kier molecular flexibility index (Phi) is 18.0. The first-order valence-electron chi connectivity index (χ1n) is 20.2. The van der Waals surface area contributed by atoms with Gasteiger partial charge in [-0.1, -0.05) is 36.4 Å². The van der Waals surface area contributed by atoms with Crippen LogP contribution in [0.1, 0.15) is 38.5 Å². The molecule has 4 aromatic heterocycles. The molecule has 0 aliphatic carbocycles. The second-order valence-corrected chi connectivity index (χ2v) is 15.9. The van der Waals surface area contributed by atoms with Gasteiger partial charge in [0.25, 0.3) is 0 Å². The molecular weight excluding hydrogens is 917 g/mol. The fraction of sp³-hybridized carbons (Fsp3) is 0.217. The molecule has 6 heterocycles. The Bertz CT molecular complexity index is 3110. The van der Waals surface area contributed by atoms with Crippen molar-refractivity contribution >= 4 is 88.6 Å². The molecule has 2 aliphatic heterocycles. The van der Waals surface area contributed by atoms with E-state index in [9.17, 15) is 9.59 Å². The second-order valence-electron chi connectivity index (χ2n) is 14.6. The predicted molar refractivity (Wildman–Crippen MR) is 241 cm³/mol. The first-order chi connectivity index (χ1) is 32.1. The molecular formula is C46H40N2O17S2. The summed E-state index contributed by atoms with van der Waals surface area (Å²) in [7, 11) is -7.78. The Labute approximate surface area is 381 Å².